The highest BCUT2D eigenvalue weighted by molar-refractivity contribution is 6.37. The summed E-state index contributed by atoms with van der Waals surface area (Å²) in [4.78, 5) is 0. The van der Waals surface area contributed by atoms with Gasteiger partial charge in [0.2, 0.25) is 0 Å². The van der Waals surface area contributed by atoms with Crippen LogP contribution in [0, 0.1) is 0 Å². The number of phenolic OH excluding ortho intramolecular Hbond substituents is 1. The lowest BCUT2D eigenvalue weighted by Crippen LogP contribution is -1.82. The lowest BCUT2D eigenvalue weighted by atomic mass is 9.96. The smallest absolute Gasteiger partial charge is 0.124 e. The third kappa shape index (κ3) is 1.50. The summed E-state index contributed by atoms with van der Waals surface area (Å²) >= 11 is 6.27. The summed E-state index contributed by atoms with van der Waals surface area (Å²) in [6.45, 7) is 0. The normalized spacial score (nSPS) is 11.4. The summed E-state index contributed by atoms with van der Waals surface area (Å²) in [7, 11) is 0. The zero-order valence-corrected chi connectivity index (χ0v) is 11.4. The first-order valence-electron chi connectivity index (χ1n) is 6.47. The van der Waals surface area contributed by atoms with Crippen molar-refractivity contribution in [1.82, 2.24) is 0 Å². The van der Waals surface area contributed by atoms with Gasteiger partial charge in [-0.3, -0.25) is 0 Å². The fourth-order valence-electron chi connectivity index (χ4n) is 2.89. The molecule has 0 saturated carbocycles. The summed E-state index contributed by atoms with van der Waals surface area (Å²) < 4.78 is 0. The molecule has 4 rings (SSSR count). The monoisotopic (exact) mass is 278 g/mol. The van der Waals surface area contributed by atoms with Gasteiger partial charge < -0.3 is 5.11 Å². The molecule has 0 aliphatic rings. The minimum absolute atomic E-state index is 0.270. The molecule has 0 saturated heterocycles. The number of aromatic hydroxyl groups is 1. The highest BCUT2D eigenvalue weighted by atomic mass is 35.5. The Hall–Kier alpha value is -2.25. The lowest BCUT2D eigenvalue weighted by molar-refractivity contribution is 0.482. The van der Waals surface area contributed by atoms with Crippen LogP contribution >= 0.6 is 11.6 Å². The minimum atomic E-state index is 0.270. The predicted molar refractivity (Wildman–Crippen MR) is 85.6 cm³/mol. The maximum atomic E-state index is 10.3. The second-order valence-electron chi connectivity index (χ2n) is 4.94. The Morgan fingerprint density at radius 3 is 2.30 bits per heavy atom. The van der Waals surface area contributed by atoms with Crippen molar-refractivity contribution in [2.24, 2.45) is 0 Å². The van der Waals surface area contributed by atoms with Crippen LogP contribution in [0.2, 0.25) is 5.02 Å². The van der Waals surface area contributed by atoms with Crippen molar-refractivity contribution in [3.8, 4) is 5.75 Å². The molecule has 0 radical (unpaired) electrons. The molecule has 4 aromatic rings. The van der Waals surface area contributed by atoms with Crippen LogP contribution in [-0.2, 0) is 0 Å². The van der Waals surface area contributed by atoms with Gasteiger partial charge in [0.15, 0.2) is 0 Å². The second-order valence-corrected chi connectivity index (χ2v) is 5.35. The number of rotatable bonds is 0. The molecule has 0 fully saturated rings. The lowest BCUT2D eigenvalue weighted by Gasteiger charge is -2.10. The van der Waals surface area contributed by atoms with Gasteiger partial charge in [-0.15, -0.1) is 0 Å². The molecule has 4 aromatic carbocycles. The molecule has 0 aliphatic heterocycles. The fraction of sp³-hybridized carbons (Fsp3) is 0. The summed E-state index contributed by atoms with van der Waals surface area (Å²) in [5.41, 5.74) is 0. The third-order valence-corrected chi connectivity index (χ3v) is 4.14. The molecule has 1 nitrogen and oxygen atoms in total. The summed E-state index contributed by atoms with van der Waals surface area (Å²) in [5, 5.41) is 17.1. The average Bonchev–Trinajstić information content (AvgIpc) is 2.50. The second kappa shape index (κ2) is 4.12. The van der Waals surface area contributed by atoms with Crippen LogP contribution in [0.25, 0.3) is 32.3 Å². The molecule has 96 valence electrons. The van der Waals surface area contributed by atoms with Gasteiger partial charge in [-0.25, -0.2) is 0 Å². The molecule has 0 heterocycles. The number of hydrogen-bond donors (Lipinski definition) is 1. The first kappa shape index (κ1) is 11.6. The Morgan fingerprint density at radius 1 is 0.650 bits per heavy atom. The van der Waals surface area contributed by atoms with Crippen LogP contribution in [0.1, 0.15) is 0 Å². The largest absolute Gasteiger partial charge is 0.507 e. The Balaban J connectivity index is 2.40. The number of fused-ring (bicyclic) bond motifs is 5. The van der Waals surface area contributed by atoms with Crippen molar-refractivity contribution in [2.75, 3.05) is 0 Å². The SMILES string of the molecule is Oc1ccc(Cl)c2ccc3ccc4ccccc4c3c12. The standard InChI is InChI=1S/C18H11ClO/c19-15-9-10-16(20)18-14(15)8-7-12-6-5-11-3-1-2-4-13(11)17(12)18/h1-10,20H. The van der Waals surface area contributed by atoms with E-state index in [1.807, 2.05) is 18.2 Å². The van der Waals surface area contributed by atoms with Crippen molar-refractivity contribution in [2.45, 2.75) is 0 Å². The molecule has 0 aromatic heterocycles. The summed E-state index contributed by atoms with van der Waals surface area (Å²) in [5.74, 6) is 0.270. The number of benzene rings is 4. The minimum Gasteiger partial charge on any atom is -0.507 e. The first-order chi connectivity index (χ1) is 9.75. The van der Waals surface area contributed by atoms with E-state index in [-0.39, 0.29) is 5.75 Å². The van der Waals surface area contributed by atoms with E-state index in [9.17, 15) is 5.11 Å². The topological polar surface area (TPSA) is 20.2 Å². The molecule has 2 heteroatoms. The van der Waals surface area contributed by atoms with Crippen LogP contribution in [0.4, 0.5) is 0 Å². The molecule has 20 heavy (non-hydrogen) atoms. The molecule has 0 amide bonds. The quantitative estimate of drug-likeness (QED) is 0.421. The fourth-order valence-corrected chi connectivity index (χ4v) is 3.11. The van der Waals surface area contributed by atoms with Gasteiger partial charge in [-0.05, 0) is 28.3 Å². The van der Waals surface area contributed by atoms with Gasteiger partial charge >= 0.3 is 0 Å². The van der Waals surface area contributed by atoms with E-state index in [1.54, 1.807) is 12.1 Å². The van der Waals surface area contributed by atoms with Gasteiger partial charge in [0.05, 0.1) is 0 Å². The number of halogens is 1. The highest BCUT2D eigenvalue weighted by Crippen LogP contribution is 2.39. The van der Waals surface area contributed by atoms with E-state index in [0.29, 0.717) is 5.02 Å². The average molecular weight is 279 g/mol. The van der Waals surface area contributed by atoms with E-state index in [1.165, 1.54) is 0 Å². The Bertz CT molecular complexity index is 973. The van der Waals surface area contributed by atoms with E-state index in [2.05, 4.69) is 30.3 Å². The van der Waals surface area contributed by atoms with Gasteiger partial charge in [0, 0.05) is 21.2 Å². The predicted octanol–water partition coefficient (Wildman–Crippen LogP) is 5.51. The van der Waals surface area contributed by atoms with E-state index < -0.39 is 0 Å². The van der Waals surface area contributed by atoms with Crippen LogP contribution in [0.3, 0.4) is 0 Å². The van der Waals surface area contributed by atoms with Gasteiger partial charge in [-0.2, -0.15) is 0 Å². The summed E-state index contributed by atoms with van der Waals surface area (Å²) in [6.07, 6.45) is 0. The van der Waals surface area contributed by atoms with Gasteiger partial charge in [0.25, 0.3) is 0 Å². The first-order valence-corrected chi connectivity index (χ1v) is 6.85. The Labute approximate surface area is 121 Å². The number of phenols is 1. The molecule has 0 atom stereocenters. The van der Waals surface area contributed by atoms with Crippen molar-refractivity contribution >= 4 is 43.9 Å². The van der Waals surface area contributed by atoms with Gasteiger partial charge in [0.1, 0.15) is 5.75 Å². The molecule has 0 unspecified atom stereocenters. The van der Waals surface area contributed by atoms with Crippen molar-refractivity contribution in [3.05, 3.63) is 65.7 Å². The Kier molecular flexibility index (Phi) is 2.38. The van der Waals surface area contributed by atoms with Crippen LogP contribution < -0.4 is 0 Å². The summed E-state index contributed by atoms with van der Waals surface area (Å²) in [6, 6.07) is 19.8. The van der Waals surface area contributed by atoms with Crippen molar-refractivity contribution < 1.29 is 5.11 Å². The third-order valence-electron chi connectivity index (χ3n) is 3.81. The van der Waals surface area contributed by atoms with Gasteiger partial charge in [-0.1, -0.05) is 60.1 Å². The molecular formula is C18H11ClO. The van der Waals surface area contributed by atoms with E-state index >= 15 is 0 Å². The molecule has 1 N–H and O–H groups in total. The van der Waals surface area contributed by atoms with E-state index in [0.717, 1.165) is 32.3 Å². The zero-order chi connectivity index (χ0) is 13.7. The maximum Gasteiger partial charge on any atom is 0.124 e. The number of hydrogen-bond acceptors (Lipinski definition) is 1. The van der Waals surface area contributed by atoms with Crippen molar-refractivity contribution in [3.63, 3.8) is 0 Å². The maximum absolute atomic E-state index is 10.3. The zero-order valence-electron chi connectivity index (χ0n) is 10.6. The molecule has 0 aliphatic carbocycles. The van der Waals surface area contributed by atoms with Crippen LogP contribution in [-0.4, -0.2) is 5.11 Å². The molecule has 0 spiro atoms. The molecular weight excluding hydrogens is 268 g/mol. The van der Waals surface area contributed by atoms with E-state index in [4.69, 9.17) is 11.6 Å². The van der Waals surface area contributed by atoms with Crippen molar-refractivity contribution in [1.29, 1.82) is 0 Å². The molecule has 0 bridgehead atoms. The van der Waals surface area contributed by atoms with Crippen LogP contribution in [0.5, 0.6) is 5.75 Å². The Morgan fingerprint density at radius 2 is 1.40 bits per heavy atom. The highest BCUT2D eigenvalue weighted by Gasteiger charge is 2.10. The van der Waals surface area contributed by atoms with Crippen LogP contribution in [0.15, 0.2) is 60.7 Å².